The lowest BCUT2D eigenvalue weighted by Crippen LogP contribution is -1.99. The number of nitrogens with zero attached hydrogens (tertiary/aromatic N) is 3. The standard InChI is InChI=1S/C12H17ClN4/c13-10-6-7-12-16-15-11(17(12)9-10)5-3-1-2-4-8-14/h6-7,9H,1-5,8,14H2. The van der Waals surface area contributed by atoms with Crippen molar-refractivity contribution in [2.75, 3.05) is 6.54 Å². The van der Waals surface area contributed by atoms with Crippen molar-refractivity contribution < 1.29 is 0 Å². The number of aryl methyl sites for hydroxylation is 1. The highest BCUT2D eigenvalue weighted by Crippen LogP contribution is 2.13. The molecule has 4 nitrogen and oxygen atoms in total. The van der Waals surface area contributed by atoms with Gasteiger partial charge in [-0.1, -0.05) is 24.4 Å². The van der Waals surface area contributed by atoms with Crippen LogP contribution < -0.4 is 5.73 Å². The first-order chi connectivity index (χ1) is 8.31. The first-order valence-electron chi connectivity index (χ1n) is 6.00. The second-order valence-corrected chi connectivity index (χ2v) is 4.58. The van der Waals surface area contributed by atoms with Gasteiger partial charge < -0.3 is 5.73 Å². The SMILES string of the molecule is NCCCCCCc1nnc2ccc(Cl)cn12. The number of nitrogens with two attached hydrogens (primary N) is 1. The van der Waals surface area contributed by atoms with Gasteiger partial charge in [-0.3, -0.25) is 4.40 Å². The normalized spacial score (nSPS) is 11.2. The van der Waals surface area contributed by atoms with Crippen molar-refractivity contribution in [3.05, 3.63) is 29.2 Å². The number of unbranched alkanes of at least 4 members (excludes halogenated alkanes) is 3. The van der Waals surface area contributed by atoms with Crippen molar-refractivity contribution in [2.24, 2.45) is 5.73 Å². The zero-order chi connectivity index (χ0) is 12.1. The summed E-state index contributed by atoms with van der Waals surface area (Å²) in [7, 11) is 0. The van der Waals surface area contributed by atoms with Gasteiger partial charge in [0.25, 0.3) is 0 Å². The molecular weight excluding hydrogens is 236 g/mol. The van der Waals surface area contributed by atoms with Gasteiger partial charge in [0.15, 0.2) is 5.65 Å². The van der Waals surface area contributed by atoms with Crippen molar-refractivity contribution in [1.29, 1.82) is 0 Å². The molecule has 92 valence electrons. The van der Waals surface area contributed by atoms with E-state index in [1.165, 1.54) is 12.8 Å². The van der Waals surface area contributed by atoms with Gasteiger partial charge in [0, 0.05) is 12.6 Å². The number of hydrogen-bond acceptors (Lipinski definition) is 3. The summed E-state index contributed by atoms with van der Waals surface area (Å²) < 4.78 is 1.96. The number of fused-ring (bicyclic) bond motifs is 1. The third-order valence-corrected chi connectivity index (χ3v) is 3.01. The van der Waals surface area contributed by atoms with E-state index < -0.39 is 0 Å². The maximum Gasteiger partial charge on any atom is 0.160 e. The van der Waals surface area contributed by atoms with Crippen LogP contribution in [0, 0.1) is 0 Å². The summed E-state index contributed by atoms with van der Waals surface area (Å²) in [5.74, 6) is 0.982. The molecule has 2 heterocycles. The van der Waals surface area contributed by atoms with E-state index >= 15 is 0 Å². The Morgan fingerprint density at radius 2 is 1.94 bits per heavy atom. The predicted octanol–water partition coefficient (Wildman–Crippen LogP) is 2.44. The molecule has 5 heteroatoms. The van der Waals surface area contributed by atoms with Crippen molar-refractivity contribution >= 4 is 17.2 Å². The summed E-state index contributed by atoms with van der Waals surface area (Å²) >= 11 is 5.96. The van der Waals surface area contributed by atoms with E-state index in [4.69, 9.17) is 17.3 Å². The Morgan fingerprint density at radius 1 is 1.12 bits per heavy atom. The minimum absolute atomic E-state index is 0.710. The van der Waals surface area contributed by atoms with Gasteiger partial charge in [-0.25, -0.2) is 0 Å². The van der Waals surface area contributed by atoms with Crippen molar-refractivity contribution in [2.45, 2.75) is 32.1 Å². The Hall–Kier alpha value is -1.13. The molecule has 17 heavy (non-hydrogen) atoms. The van der Waals surface area contributed by atoms with E-state index in [9.17, 15) is 0 Å². The second kappa shape index (κ2) is 5.98. The van der Waals surface area contributed by atoms with E-state index in [2.05, 4.69) is 10.2 Å². The van der Waals surface area contributed by atoms with Crippen molar-refractivity contribution in [1.82, 2.24) is 14.6 Å². The van der Waals surface area contributed by atoms with E-state index in [-0.39, 0.29) is 0 Å². The number of pyridine rings is 1. The van der Waals surface area contributed by atoms with E-state index in [1.54, 1.807) is 0 Å². The Bertz CT molecular complexity index is 480. The van der Waals surface area contributed by atoms with Gasteiger partial charge in [-0.05, 0) is 31.5 Å². The summed E-state index contributed by atoms with van der Waals surface area (Å²) in [4.78, 5) is 0. The zero-order valence-electron chi connectivity index (χ0n) is 9.77. The lowest BCUT2D eigenvalue weighted by Gasteiger charge is -2.00. The van der Waals surface area contributed by atoms with E-state index in [0.29, 0.717) is 5.02 Å². The van der Waals surface area contributed by atoms with Gasteiger partial charge in [-0.15, -0.1) is 10.2 Å². The van der Waals surface area contributed by atoms with Crippen molar-refractivity contribution in [3.63, 3.8) is 0 Å². The molecule has 0 fully saturated rings. The molecule has 0 amide bonds. The molecule has 2 N–H and O–H groups in total. The maximum absolute atomic E-state index is 5.96. The molecule has 0 aliphatic heterocycles. The Labute approximate surface area is 106 Å². The molecule has 2 aromatic rings. The highest BCUT2D eigenvalue weighted by atomic mass is 35.5. The molecule has 2 rings (SSSR count). The largest absolute Gasteiger partial charge is 0.330 e. The van der Waals surface area contributed by atoms with Gasteiger partial charge in [0.2, 0.25) is 0 Å². The van der Waals surface area contributed by atoms with Gasteiger partial charge in [0.1, 0.15) is 5.82 Å². The fourth-order valence-corrected chi connectivity index (χ4v) is 2.02. The summed E-state index contributed by atoms with van der Waals surface area (Å²) in [6.07, 6.45) is 7.40. The Morgan fingerprint density at radius 3 is 2.76 bits per heavy atom. The number of halogens is 1. The molecule has 0 aromatic carbocycles. The summed E-state index contributed by atoms with van der Waals surface area (Å²) in [5.41, 5.74) is 6.31. The zero-order valence-corrected chi connectivity index (χ0v) is 10.5. The third-order valence-electron chi connectivity index (χ3n) is 2.79. The molecule has 0 aliphatic rings. The summed E-state index contributed by atoms with van der Waals surface area (Å²) in [5, 5.41) is 9.00. The fraction of sp³-hybridized carbons (Fsp3) is 0.500. The number of rotatable bonds is 6. The highest BCUT2D eigenvalue weighted by Gasteiger charge is 2.05. The Balaban J connectivity index is 1.96. The van der Waals surface area contributed by atoms with Crippen LogP contribution in [0.1, 0.15) is 31.5 Å². The van der Waals surface area contributed by atoms with Crippen LogP contribution in [0.25, 0.3) is 5.65 Å². The monoisotopic (exact) mass is 252 g/mol. The maximum atomic E-state index is 5.96. The smallest absolute Gasteiger partial charge is 0.160 e. The highest BCUT2D eigenvalue weighted by molar-refractivity contribution is 6.30. The average Bonchev–Trinajstić information content (AvgIpc) is 2.72. The first kappa shape index (κ1) is 12.3. The van der Waals surface area contributed by atoms with Crippen LogP contribution in [0.4, 0.5) is 0 Å². The van der Waals surface area contributed by atoms with Gasteiger partial charge >= 0.3 is 0 Å². The molecule has 0 bridgehead atoms. The minimum Gasteiger partial charge on any atom is -0.330 e. The lowest BCUT2D eigenvalue weighted by molar-refractivity contribution is 0.633. The topological polar surface area (TPSA) is 56.2 Å². The fourth-order valence-electron chi connectivity index (χ4n) is 1.86. The quantitative estimate of drug-likeness (QED) is 0.804. The average molecular weight is 253 g/mol. The molecule has 0 radical (unpaired) electrons. The first-order valence-corrected chi connectivity index (χ1v) is 6.38. The van der Waals surface area contributed by atoms with Crippen LogP contribution in [-0.4, -0.2) is 21.1 Å². The van der Waals surface area contributed by atoms with Crippen LogP contribution in [-0.2, 0) is 6.42 Å². The van der Waals surface area contributed by atoms with Crippen LogP contribution in [0.3, 0.4) is 0 Å². The van der Waals surface area contributed by atoms with E-state index in [0.717, 1.165) is 37.3 Å². The third kappa shape index (κ3) is 3.17. The molecular formula is C12H17ClN4. The minimum atomic E-state index is 0.710. The van der Waals surface area contributed by atoms with Gasteiger partial charge in [-0.2, -0.15) is 0 Å². The Kier molecular flexibility index (Phi) is 4.34. The molecule has 0 saturated carbocycles. The van der Waals surface area contributed by atoms with Crippen LogP contribution in [0.15, 0.2) is 18.3 Å². The van der Waals surface area contributed by atoms with Gasteiger partial charge in [0.05, 0.1) is 5.02 Å². The van der Waals surface area contributed by atoms with Crippen LogP contribution in [0.5, 0.6) is 0 Å². The van der Waals surface area contributed by atoms with Crippen LogP contribution in [0.2, 0.25) is 5.02 Å². The molecule has 0 spiro atoms. The molecule has 0 aliphatic carbocycles. The number of aromatic nitrogens is 3. The second-order valence-electron chi connectivity index (χ2n) is 4.14. The van der Waals surface area contributed by atoms with Crippen molar-refractivity contribution in [3.8, 4) is 0 Å². The molecule has 0 atom stereocenters. The molecule has 2 aromatic heterocycles. The predicted molar refractivity (Wildman–Crippen MR) is 69.2 cm³/mol. The van der Waals surface area contributed by atoms with Crippen LogP contribution >= 0.6 is 11.6 Å². The van der Waals surface area contributed by atoms with E-state index in [1.807, 2.05) is 22.7 Å². The molecule has 0 saturated heterocycles. The number of hydrogen-bond donors (Lipinski definition) is 1. The summed E-state index contributed by atoms with van der Waals surface area (Å²) in [6.45, 7) is 0.781. The summed E-state index contributed by atoms with van der Waals surface area (Å²) in [6, 6.07) is 3.71. The molecule has 0 unspecified atom stereocenters. The lowest BCUT2D eigenvalue weighted by atomic mass is 10.1.